The second kappa shape index (κ2) is 10.4. The fraction of sp³-hybridized carbons (Fsp3) is 0.267. The van der Waals surface area contributed by atoms with Crippen LogP contribution in [-0.4, -0.2) is 16.6 Å². The highest BCUT2D eigenvalue weighted by Crippen LogP contribution is 2.31. The van der Waals surface area contributed by atoms with Gasteiger partial charge in [-0.2, -0.15) is 13.2 Å². The summed E-state index contributed by atoms with van der Waals surface area (Å²) in [5.74, 6) is -2.92. The van der Waals surface area contributed by atoms with Crippen molar-refractivity contribution in [2.45, 2.75) is 52.1 Å². The molecule has 4 rings (SSSR count). The molecule has 0 bridgehead atoms. The number of allylic oxidation sites excluding steroid dienone is 2. The first-order valence-electron chi connectivity index (χ1n) is 11.9. The monoisotopic (exact) mass is 510 g/mol. The third kappa shape index (κ3) is 6.79. The van der Waals surface area contributed by atoms with E-state index in [4.69, 9.17) is 0 Å². The zero-order chi connectivity index (χ0) is 26.8. The molecule has 2 nitrogen and oxygen atoms in total. The zero-order valence-corrected chi connectivity index (χ0v) is 20.8. The molecule has 3 aromatic rings. The van der Waals surface area contributed by atoms with Crippen LogP contribution in [0.5, 0.6) is 0 Å². The van der Waals surface area contributed by atoms with E-state index in [0.717, 1.165) is 53.3 Å². The van der Waals surface area contributed by atoms with Gasteiger partial charge in [-0.05, 0) is 85.2 Å². The van der Waals surface area contributed by atoms with Crippen LogP contribution >= 0.6 is 0 Å². The molecule has 0 unspecified atom stereocenters. The summed E-state index contributed by atoms with van der Waals surface area (Å²) < 4.78 is 65.2. The van der Waals surface area contributed by atoms with Crippen molar-refractivity contribution in [3.05, 3.63) is 117 Å². The van der Waals surface area contributed by atoms with Crippen molar-refractivity contribution in [1.29, 1.82) is 0 Å². The Morgan fingerprint density at radius 2 is 1.57 bits per heavy atom. The normalized spacial score (nSPS) is 14.5. The maximum atomic E-state index is 13.4. The quantitative estimate of drug-likeness (QED) is 0.232. The van der Waals surface area contributed by atoms with Gasteiger partial charge in [-0.1, -0.05) is 42.0 Å². The van der Waals surface area contributed by atoms with E-state index in [2.05, 4.69) is 34.3 Å². The summed E-state index contributed by atoms with van der Waals surface area (Å²) in [5.41, 5.74) is 6.87. The van der Waals surface area contributed by atoms with Crippen LogP contribution in [0.1, 0.15) is 59.8 Å². The molecule has 0 fully saturated rings. The molecule has 1 heterocycles. The average molecular weight is 511 g/mol. The molecule has 0 N–H and O–H groups in total. The first kappa shape index (κ1) is 26.5. The average Bonchev–Trinajstić information content (AvgIpc) is 3.23. The number of benzene rings is 2. The molecule has 7 heteroatoms. The van der Waals surface area contributed by atoms with E-state index in [1.165, 1.54) is 30.8 Å². The maximum Gasteiger partial charge on any atom is 0.416 e. The Labute approximate surface area is 213 Å². The topological polar surface area (TPSA) is 25.2 Å². The lowest BCUT2D eigenvalue weighted by molar-refractivity contribution is -0.137. The number of hydrogen-bond acceptors (Lipinski definition) is 2. The van der Waals surface area contributed by atoms with Crippen LogP contribution in [0.4, 0.5) is 22.0 Å². The second-order valence-corrected chi connectivity index (χ2v) is 9.53. The number of aromatic nitrogens is 1. The third-order valence-electron chi connectivity index (χ3n) is 6.45. The predicted octanol–water partition coefficient (Wildman–Crippen LogP) is 8.24. The minimum absolute atomic E-state index is 0.119. The number of halogens is 5. The van der Waals surface area contributed by atoms with Crippen LogP contribution in [0.2, 0.25) is 0 Å². The molecular weight excluding hydrogens is 483 g/mol. The van der Waals surface area contributed by atoms with Gasteiger partial charge >= 0.3 is 6.18 Å². The van der Waals surface area contributed by atoms with Gasteiger partial charge in [0.1, 0.15) is 0 Å². The zero-order valence-electron chi connectivity index (χ0n) is 20.8. The Morgan fingerprint density at radius 3 is 2.24 bits per heavy atom. The minimum atomic E-state index is -4.33. The van der Waals surface area contributed by atoms with Crippen molar-refractivity contribution in [3.63, 3.8) is 0 Å². The third-order valence-corrected chi connectivity index (χ3v) is 6.45. The van der Waals surface area contributed by atoms with Crippen molar-refractivity contribution in [2.24, 2.45) is 4.99 Å². The Morgan fingerprint density at radius 1 is 0.892 bits per heavy atom. The van der Waals surface area contributed by atoms with Crippen molar-refractivity contribution >= 4 is 11.8 Å². The van der Waals surface area contributed by atoms with Gasteiger partial charge in [-0.25, -0.2) is 8.78 Å². The molecule has 1 aliphatic carbocycles. The standard InChI is InChI=1S/C30H27F5N2/c1-19(29(3,31)32)18-37-20(2)28-17-23(10-11-36-28)13-22-4-7-25-15-24(16-26(25)14-22)12-21-5-8-27(9-6-21)30(33,34)35/h4-11,14,16-18H,12-13,15H2,1-3H3/b19-18+,37-20?. The highest BCUT2D eigenvalue weighted by Gasteiger charge is 2.30. The molecule has 0 radical (unpaired) electrons. The fourth-order valence-corrected chi connectivity index (χ4v) is 4.14. The number of alkyl halides is 5. The molecule has 0 aliphatic heterocycles. The SMILES string of the molecule is CC(=N/C=C(\C)C(C)(F)F)c1cc(Cc2ccc3c(c2)C=C(Cc2ccc(C(F)(F)F)cc2)C3)ccn1. The molecule has 2 aromatic carbocycles. The highest BCUT2D eigenvalue weighted by molar-refractivity contribution is 5.97. The van der Waals surface area contributed by atoms with Crippen molar-refractivity contribution in [1.82, 2.24) is 4.98 Å². The summed E-state index contributed by atoms with van der Waals surface area (Å²) in [6.07, 6.45) is 2.69. The maximum absolute atomic E-state index is 13.4. The first-order valence-corrected chi connectivity index (χ1v) is 11.9. The van der Waals surface area contributed by atoms with Crippen molar-refractivity contribution in [2.75, 3.05) is 0 Å². The molecule has 0 saturated carbocycles. The lowest BCUT2D eigenvalue weighted by atomic mass is 9.99. The van der Waals surface area contributed by atoms with Crippen LogP contribution in [0.25, 0.3) is 6.08 Å². The van der Waals surface area contributed by atoms with Gasteiger partial charge in [0.15, 0.2) is 0 Å². The molecule has 1 aliphatic rings. The lowest BCUT2D eigenvalue weighted by Gasteiger charge is -2.09. The van der Waals surface area contributed by atoms with E-state index < -0.39 is 17.7 Å². The van der Waals surface area contributed by atoms with E-state index in [1.807, 2.05) is 12.1 Å². The summed E-state index contributed by atoms with van der Waals surface area (Å²) in [6, 6.07) is 15.4. The Balaban J connectivity index is 1.45. The number of aliphatic imine (C=N–C) groups is 1. The molecule has 0 spiro atoms. The highest BCUT2D eigenvalue weighted by atomic mass is 19.4. The largest absolute Gasteiger partial charge is 0.416 e. The number of nitrogens with zero attached hydrogens (tertiary/aromatic N) is 2. The molecule has 1 aromatic heterocycles. The summed E-state index contributed by atoms with van der Waals surface area (Å²) >= 11 is 0. The predicted molar refractivity (Wildman–Crippen MR) is 137 cm³/mol. The minimum Gasteiger partial charge on any atom is -0.259 e. The van der Waals surface area contributed by atoms with Crippen molar-refractivity contribution in [3.8, 4) is 0 Å². The molecule has 192 valence electrons. The Bertz CT molecular complexity index is 1370. The smallest absolute Gasteiger partial charge is 0.259 e. The van der Waals surface area contributed by atoms with Gasteiger partial charge in [0, 0.05) is 24.9 Å². The van der Waals surface area contributed by atoms with Crippen LogP contribution in [0, 0.1) is 0 Å². The molecule has 0 saturated heterocycles. The summed E-state index contributed by atoms with van der Waals surface area (Å²) in [7, 11) is 0. The summed E-state index contributed by atoms with van der Waals surface area (Å²) in [4.78, 5) is 8.49. The second-order valence-electron chi connectivity index (χ2n) is 9.53. The van der Waals surface area contributed by atoms with Gasteiger partial charge in [0.05, 0.1) is 17.0 Å². The number of fused-ring (bicyclic) bond motifs is 1. The summed E-state index contributed by atoms with van der Waals surface area (Å²) in [6.45, 7) is 3.92. The number of rotatable bonds is 7. The number of pyridine rings is 1. The molecule has 0 amide bonds. The van der Waals surface area contributed by atoms with E-state index in [0.29, 0.717) is 24.2 Å². The number of hydrogen-bond donors (Lipinski definition) is 0. The van der Waals surface area contributed by atoms with E-state index in [-0.39, 0.29) is 5.57 Å². The van der Waals surface area contributed by atoms with Gasteiger partial charge in [0.2, 0.25) is 0 Å². The lowest BCUT2D eigenvalue weighted by Crippen LogP contribution is -2.10. The molecule has 37 heavy (non-hydrogen) atoms. The van der Waals surface area contributed by atoms with Crippen LogP contribution in [-0.2, 0) is 25.4 Å². The van der Waals surface area contributed by atoms with Crippen LogP contribution < -0.4 is 0 Å². The van der Waals surface area contributed by atoms with Crippen LogP contribution in [0.3, 0.4) is 0 Å². The van der Waals surface area contributed by atoms with Gasteiger partial charge in [-0.15, -0.1) is 0 Å². The van der Waals surface area contributed by atoms with Gasteiger partial charge in [-0.3, -0.25) is 9.98 Å². The van der Waals surface area contributed by atoms with Crippen LogP contribution in [0.15, 0.2) is 83.1 Å². The fourth-order valence-electron chi connectivity index (χ4n) is 4.14. The van der Waals surface area contributed by atoms with E-state index in [1.54, 1.807) is 13.1 Å². The first-order chi connectivity index (χ1) is 17.4. The molecular formula is C30H27F5N2. The van der Waals surface area contributed by atoms with E-state index >= 15 is 0 Å². The molecule has 0 atom stereocenters. The van der Waals surface area contributed by atoms with E-state index in [9.17, 15) is 22.0 Å². The van der Waals surface area contributed by atoms with Crippen molar-refractivity contribution < 1.29 is 22.0 Å². The van der Waals surface area contributed by atoms with Gasteiger partial charge < -0.3 is 0 Å². The van der Waals surface area contributed by atoms with Gasteiger partial charge in [0.25, 0.3) is 5.92 Å². The summed E-state index contributed by atoms with van der Waals surface area (Å²) in [5, 5.41) is 0. The Hall–Kier alpha value is -3.61. The Kier molecular flexibility index (Phi) is 7.44.